The van der Waals surface area contributed by atoms with Crippen molar-refractivity contribution in [1.82, 2.24) is 5.32 Å². The number of nitrogens with one attached hydrogen (secondary N) is 2. The number of hydrogen-bond acceptors (Lipinski definition) is 6. The number of benzene rings is 4. The van der Waals surface area contributed by atoms with Crippen LogP contribution in [0.15, 0.2) is 97.1 Å². The molecule has 12 nitrogen and oxygen atoms in total. The third kappa shape index (κ3) is 10.2. The van der Waals surface area contributed by atoms with Gasteiger partial charge in [-0.3, -0.25) is 24.1 Å². The van der Waals surface area contributed by atoms with Gasteiger partial charge in [0.05, 0.1) is 18.7 Å². The van der Waals surface area contributed by atoms with E-state index >= 15 is 0 Å². The molecule has 4 aromatic carbocycles. The Hall–Kier alpha value is -6.17. The van der Waals surface area contributed by atoms with E-state index in [1.54, 1.807) is 80.8 Å². The number of amides is 5. The van der Waals surface area contributed by atoms with Crippen molar-refractivity contribution in [1.29, 1.82) is 0 Å². The van der Waals surface area contributed by atoms with Crippen LogP contribution < -0.4 is 30.1 Å². The van der Waals surface area contributed by atoms with E-state index in [4.69, 9.17) is 9.84 Å². The Morgan fingerprint density at radius 1 is 0.714 bits per heavy atom. The summed E-state index contributed by atoms with van der Waals surface area (Å²) in [5, 5.41) is 14.2. The minimum Gasteiger partial charge on any atom is -0.482 e. The van der Waals surface area contributed by atoms with Crippen LogP contribution in [-0.4, -0.2) is 68.6 Å². The lowest BCUT2D eigenvalue weighted by molar-refractivity contribution is -0.136. The Morgan fingerprint density at radius 2 is 1.37 bits per heavy atom. The number of carboxylic acids is 1. The number of aliphatic carboxylic acids is 1. The Kier molecular flexibility index (Phi) is 12.1. The fourth-order valence-electron chi connectivity index (χ4n) is 5.03. The van der Waals surface area contributed by atoms with Crippen LogP contribution in [0, 0.1) is 13.8 Å². The van der Waals surface area contributed by atoms with Gasteiger partial charge in [-0.2, -0.15) is 0 Å². The summed E-state index contributed by atoms with van der Waals surface area (Å²) in [4.78, 5) is 68.3. The first kappa shape index (κ1) is 35.7. The van der Waals surface area contributed by atoms with Gasteiger partial charge in [-0.1, -0.05) is 48.5 Å². The number of carbonyl (C=O) groups is 5. The fourth-order valence-corrected chi connectivity index (χ4v) is 5.03. The molecule has 4 aromatic rings. The van der Waals surface area contributed by atoms with Crippen molar-refractivity contribution in [3.63, 3.8) is 0 Å². The number of ether oxygens (including phenoxy) is 1. The van der Waals surface area contributed by atoms with Crippen molar-refractivity contribution in [2.45, 2.75) is 20.3 Å². The van der Waals surface area contributed by atoms with Gasteiger partial charge in [0.1, 0.15) is 12.3 Å². The second kappa shape index (κ2) is 16.6. The first-order valence-corrected chi connectivity index (χ1v) is 15.5. The molecule has 0 fully saturated rings. The summed E-state index contributed by atoms with van der Waals surface area (Å²) in [5.41, 5.74) is 4.41. The van der Waals surface area contributed by atoms with Gasteiger partial charge in [0.15, 0.2) is 6.61 Å². The predicted molar refractivity (Wildman–Crippen MR) is 188 cm³/mol. The number of hydrogen-bond donors (Lipinski definition) is 3. The number of aryl methyl sites for hydroxylation is 2. The summed E-state index contributed by atoms with van der Waals surface area (Å²) in [6.45, 7) is 2.65. The van der Waals surface area contributed by atoms with Gasteiger partial charge in [-0.05, 0) is 79.1 Å². The zero-order chi connectivity index (χ0) is 35.5. The molecule has 0 unspecified atom stereocenters. The number of rotatable bonds is 13. The van der Waals surface area contributed by atoms with Crippen LogP contribution in [0.2, 0.25) is 0 Å². The van der Waals surface area contributed by atoms with Gasteiger partial charge in [0, 0.05) is 31.2 Å². The average molecular weight is 666 g/mol. The molecule has 0 aliphatic rings. The first-order valence-electron chi connectivity index (χ1n) is 15.5. The van der Waals surface area contributed by atoms with Crippen LogP contribution in [-0.2, 0) is 25.6 Å². The number of urea groups is 1. The summed E-state index contributed by atoms with van der Waals surface area (Å²) >= 11 is 0. The van der Waals surface area contributed by atoms with Crippen LogP contribution in [0.25, 0.3) is 0 Å². The summed E-state index contributed by atoms with van der Waals surface area (Å²) in [6, 6.07) is 26.9. The molecule has 3 N–H and O–H groups in total. The van der Waals surface area contributed by atoms with Gasteiger partial charge in [-0.15, -0.1) is 0 Å². The van der Waals surface area contributed by atoms with E-state index in [1.807, 2.05) is 38.1 Å². The van der Waals surface area contributed by atoms with Crippen molar-refractivity contribution in [3.8, 4) is 5.75 Å². The molecule has 5 amide bonds. The lowest BCUT2D eigenvalue weighted by Crippen LogP contribution is -2.46. The normalized spacial score (nSPS) is 10.4. The number of carbonyl (C=O) groups excluding carboxylic acids is 4. The lowest BCUT2D eigenvalue weighted by atomic mass is 10.1. The molecule has 0 heterocycles. The number of nitrogens with zero attached hydrogens (tertiary/aromatic N) is 3. The quantitative estimate of drug-likeness (QED) is 0.186. The molecule has 0 saturated heterocycles. The highest BCUT2D eigenvalue weighted by Gasteiger charge is 2.25. The maximum Gasteiger partial charge on any atom is 0.319 e. The summed E-state index contributed by atoms with van der Waals surface area (Å²) in [6.07, 6.45) is -0.217. The Labute approximate surface area is 284 Å². The molecule has 0 aliphatic heterocycles. The topological polar surface area (TPSA) is 149 Å². The van der Waals surface area contributed by atoms with Crippen molar-refractivity contribution >= 4 is 52.5 Å². The monoisotopic (exact) mass is 665 g/mol. The van der Waals surface area contributed by atoms with Crippen LogP contribution in [0.4, 0.5) is 27.5 Å². The predicted octanol–water partition coefficient (Wildman–Crippen LogP) is 4.79. The molecule has 254 valence electrons. The number of likely N-dealkylation sites (N-methyl/N-ethyl adjacent to an activating group) is 2. The van der Waals surface area contributed by atoms with E-state index in [0.717, 1.165) is 11.1 Å². The van der Waals surface area contributed by atoms with Gasteiger partial charge in [-0.25, -0.2) is 4.79 Å². The highest BCUT2D eigenvalue weighted by atomic mass is 16.5. The maximum atomic E-state index is 13.7. The maximum absolute atomic E-state index is 13.7. The molecule has 0 atom stereocenters. The summed E-state index contributed by atoms with van der Waals surface area (Å²) in [5.74, 6) is -2.20. The molecule has 0 aliphatic carbocycles. The van der Waals surface area contributed by atoms with E-state index in [9.17, 15) is 24.0 Å². The van der Waals surface area contributed by atoms with E-state index in [1.165, 1.54) is 20.8 Å². The fraction of sp³-hybridized carbons (Fsp3) is 0.216. The van der Waals surface area contributed by atoms with E-state index in [-0.39, 0.29) is 30.4 Å². The number of carboxylic acid groups (broad SMARTS) is 1. The van der Waals surface area contributed by atoms with Crippen molar-refractivity contribution in [2.75, 3.05) is 53.8 Å². The third-order valence-corrected chi connectivity index (χ3v) is 7.53. The molecule has 49 heavy (non-hydrogen) atoms. The Bertz CT molecular complexity index is 1810. The van der Waals surface area contributed by atoms with Gasteiger partial charge in [0.2, 0.25) is 11.8 Å². The highest BCUT2D eigenvalue weighted by molar-refractivity contribution is 6.06. The van der Waals surface area contributed by atoms with Crippen LogP contribution in [0.3, 0.4) is 0 Å². The van der Waals surface area contributed by atoms with Gasteiger partial charge < -0.3 is 30.3 Å². The lowest BCUT2D eigenvalue weighted by Gasteiger charge is -2.27. The standard InChI is InChI=1S/C37H39N5O7/c1-25-17-26(2)19-30(18-25)41(4)35(45)24-49-32-16-9-8-15-31(32)42(23-34(44)40(3)29-13-6-5-7-14-29)33(43)22-38-37(48)39-28-12-10-11-27(20-28)21-36(46)47/h5-20H,21-24H2,1-4H3,(H,46,47)(H2,38,39,48). The zero-order valence-corrected chi connectivity index (χ0v) is 27.8. The second-order valence-electron chi connectivity index (χ2n) is 11.4. The van der Waals surface area contributed by atoms with Crippen LogP contribution in [0.5, 0.6) is 5.75 Å². The minimum absolute atomic E-state index is 0.188. The molecule has 4 rings (SSSR count). The number of para-hydroxylation sites is 3. The molecule has 0 aromatic heterocycles. The largest absolute Gasteiger partial charge is 0.482 e. The van der Waals surface area contributed by atoms with Crippen LogP contribution in [0.1, 0.15) is 16.7 Å². The van der Waals surface area contributed by atoms with E-state index < -0.39 is 36.9 Å². The molecule has 0 saturated carbocycles. The third-order valence-electron chi connectivity index (χ3n) is 7.53. The minimum atomic E-state index is -1.01. The van der Waals surface area contributed by atoms with E-state index in [0.29, 0.717) is 22.6 Å². The molecule has 0 radical (unpaired) electrons. The number of anilines is 4. The van der Waals surface area contributed by atoms with Crippen molar-refractivity contribution < 1.29 is 33.8 Å². The van der Waals surface area contributed by atoms with Gasteiger partial charge in [0.25, 0.3) is 5.91 Å². The molecule has 12 heteroatoms. The first-order chi connectivity index (χ1) is 23.4. The SMILES string of the molecule is Cc1cc(C)cc(N(C)C(=O)COc2ccccc2N(CC(=O)N(C)c2ccccc2)C(=O)CNC(=O)Nc2cccc(CC(=O)O)c2)c1. The second-order valence-corrected chi connectivity index (χ2v) is 11.4. The van der Waals surface area contributed by atoms with E-state index in [2.05, 4.69) is 10.6 Å². The van der Waals surface area contributed by atoms with Crippen molar-refractivity contribution in [3.05, 3.63) is 114 Å². The zero-order valence-electron chi connectivity index (χ0n) is 27.8. The Morgan fingerprint density at radius 3 is 2.06 bits per heavy atom. The van der Waals surface area contributed by atoms with Gasteiger partial charge >= 0.3 is 12.0 Å². The molecule has 0 bridgehead atoms. The summed E-state index contributed by atoms with van der Waals surface area (Å²) in [7, 11) is 3.24. The molecular weight excluding hydrogens is 626 g/mol. The highest BCUT2D eigenvalue weighted by Crippen LogP contribution is 2.29. The average Bonchev–Trinajstić information content (AvgIpc) is 3.07. The van der Waals surface area contributed by atoms with Crippen LogP contribution >= 0.6 is 0 Å². The van der Waals surface area contributed by atoms with Crippen molar-refractivity contribution in [2.24, 2.45) is 0 Å². The smallest absolute Gasteiger partial charge is 0.319 e. The molecule has 0 spiro atoms. The Balaban J connectivity index is 1.52. The summed E-state index contributed by atoms with van der Waals surface area (Å²) < 4.78 is 5.95. The molecular formula is C37H39N5O7.